The zero-order valence-electron chi connectivity index (χ0n) is 9.79. The van der Waals surface area contributed by atoms with Crippen LogP contribution in [0.4, 0.5) is 10.1 Å². The topological polar surface area (TPSA) is 59.0 Å². The van der Waals surface area contributed by atoms with Crippen molar-refractivity contribution >= 4 is 5.69 Å². The molecular formula is C13H15FN2O. The molecule has 0 bridgehead atoms. The van der Waals surface area contributed by atoms with Crippen molar-refractivity contribution in [3.63, 3.8) is 0 Å². The van der Waals surface area contributed by atoms with Crippen LogP contribution in [0.15, 0.2) is 12.1 Å². The highest BCUT2D eigenvalue weighted by molar-refractivity contribution is 5.50. The Kier molecular flexibility index (Phi) is 2.93. The second-order valence-corrected chi connectivity index (χ2v) is 4.76. The number of anilines is 1. The Morgan fingerprint density at radius 2 is 2.24 bits per heavy atom. The third kappa shape index (κ3) is 2.50. The lowest BCUT2D eigenvalue weighted by Gasteiger charge is -2.14. The fourth-order valence-corrected chi connectivity index (χ4v) is 1.73. The zero-order valence-corrected chi connectivity index (χ0v) is 9.79. The summed E-state index contributed by atoms with van der Waals surface area (Å²) >= 11 is 0. The van der Waals surface area contributed by atoms with Gasteiger partial charge in [-0.1, -0.05) is 0 Å². The summed E-state index contributed by atoms with van der Waals surface area (Å²) in [7, 11) is 0. The molecule has 17 heavy (non-hydrogen) atoms. The normalized spacial score (nSPS) is 16.3. The van der Waals surface area contributed by atoms with Crippen LogP contribution < -0.4 is 10.5 Å². The number of ether oxygens (including phenoxy) is 1. The zero-order chi connectivity index (χ0) is 12.5. The minimum Gasteiger partial charge on any atom is -0.490 e. The summed E-state index contributed by atoms with van der Waals surface area (Å²) in [6.07, 6.45) is 2.44. The van der Waals surface area contributed by atoms with E-state index in [1.165, 1.54) is 6.07 Å². The van der Waals surface area contributed by atoms with E-state index >= 15 is 0 Å². The van der Waals surface area contributed by atoms with E-state index in [0.717, 1.165) is 18.4 Å². The van der Waals surface area contributed by atoms with Gasteiger partial charge < -0.3 is 10.5 Å². The van der Waals surface area contributed by atoms with Gasteiger partial charge in [-0.15, -0.1) is 0 Å². The predicted octanol–water partition coefficient (Wildman–Crippen LogP) is 2.79. The molecule has 0 radical (unpaired) electrons. The van der Waals surface area contributed by atoms with E-state index in [-0.39, 0.29) is 11.2 Å². The van der Waals surface area contributed by atoms with Crippen molar-refractivity contribution in [3.05, 3.63) is 23.5 Å². The maximum atomic E-state index is 13.5. The predicted molar refractivity (Wildman–Crippen MR) is 62.9 cm³/mol. The van der Waals surface area contributed by atoms with Crippen molar-refractivity contribution in [2.24, 2.45) is 5.41 Å². The van der Waals surface area contributed by atoms with Crippen molar-refractivity contribution in [3.8, 4) is 11.8 Å². The molecule has 1 fully saturated rings. The van der Waals surface area contributed by atoms with E-state index in [2.05, 4.69) is 6.07 Å². The van der Waals surface area contributed by atoms with Crippen LogP contribution in [0.25, 0.3) is 0 Å². The first-order valence-electron chi connectivity index (χ1n) is 5.62. The van der Waals surface area contributed by atoms with E-state index < -0.39 is 5.82 Å². The van der Waals surface area contributed by atoms with Gasteiger partial charge in [0.05, 0.1) is 12.7 Å². The van der Waals surface area contributed by atoms with Crippen LogP contribution in [0.3, 0.4) is 0 Å². The Morgan fingerprint density at radius 3 is 2.82 bits per heavy atom. The summed E-state index contributed by atoms with van der Waals surface area (Å²) in [6.45, 7) is 2.21. The van der Waals surface area contributed by atoms with Crippen LogP contribution >= 0.6 is 0 Å². The molecule has 1 saturated carbocycles. The van der Waals surface area contributed by atoms with E-state index in [9.17, 15) is 4.39 Å². The van der Waals surface area contributed by atoms with Crippen LogP contribution in [0.5, 0.6) is 5.75 Å². The molecule has 0 spiro atoms. The molecule has 2 N–H and O–H groups in total. The fraction of sp³-hybridized carbons (Fsp3) is 0.462. The van der Waals surface area contributed by atoms with Gasteiger partial charge in [0.2, 0.25) is 0 Å². The number of hydrogen-bond donors (Lipinski definition) is 1. The smallest absolute Gasteiger partial charge is 0.167 e. The highest BCUT2D eigenvalue weighted by Gasteiger charge is 2.43. The molecule has 4 heteroatoms. The standard InChI is InChI=1S/C13H15FN2O/c1-9-6-12(10(14)7-11(9)16)17-8-13(2-3-13)4-5-15/h6-7H,2-4,8,16H2,1H3. The molecule has 1 aliphatic rings. The van der Waals surface area contributed by atoms with Gasteiger partial charge in [0.15, 0.2) is 11.6 Å². The maximum absolute atomic E-state index is 13.5. The molecular weight excluding hydrogens is 219 g/mol. The maximum Gasteiger partial charge on any atom is 0.167 e. The first-order chi connectivity index (χ1) is 8.06. The van der Waals surface area contributed by atoms with Crippen LogP contribution in [-0.2, 0) is 0 Å². The molecule has 1 aliphatic carbocycles. The first-order valence-corrected chi connectivity index (χ1v) is 5.62. The third-order valence-electron chi connectivity index (χ3n) is 3.27. The molecule has 0 unspecified atom stereocenters. The number of halogens is 1. The molecule has 0 saturated heterocycles. The van der Waals surface area contributed by atoms with Crippen molar-refractivity contribution in [2.45, 2.75) is 26.2 Å². The summed E-state index contributed by atoms with van der Waals surface area (Å²) in [5.74, 6) is -0.221. The fourth-order valence-electron chi connectivity index (χ4n) is 1.73. The lowest BCUT2D eigenvalue weighted by Crippen LogP contribution is -2.13. The SMILES string of the molecule is Cc1cc(OCC2(CC#N)CC2)c(F)cc1N. The van der Waals surface area contributed by atoms with Gasteiger partial charge in [-0.3, -0.25) is 0 Å². The Morgan fingerprint density at radius 1 is 1.53 bits per heavy atom. The van der Waals surface area contributed by atoms with Crippen LogP contribution in [0, 0.1) is 29.5 Å². The number of aryl methyl sites for hydroxylation is 1. The van der Waals surface area contributed by atoms with E-state index in [1.807, 2.05) is 6.92 Å². The molecule has 3 nitrogen and oxygen atoms in total. The van der Waals surface area contributed by atoms with Crippen molar-refractivity contribution in [2.75, 3.05) is 12.3 Å². The lowest BCUT2D eigenvalue weighted by molar-refractivity contribution is 0.227. The van der Waals surface area contributed by atoms with Crippen LogP contribution in [0.1, 0.15) is 24.8 Å². The Balaban J connectivity index is 2.05. The van der Waals surface area contributed by atoms with Crippen molar-refractivity contribution in [1.82, 2.24) is 0 Å². The van der Waals surface area contributed by atoms with Crippen LogP contribution in [-0.4, -0.2) is 6.61 Å². The number of benzene rings is 1. The molecule has 0 heterocycles. The largest absolute Gasteiger partial charge is 0.490 e. The minimum absolute atomic E-state index is 0.0452. The summed E-state index contributed by atoms with van der Waals surface area (Å²) in [5, 5.41) is 8.68. The second-order valence-electron chi connectivity index (χ2n) is 4.76. The molecule has 0 aliphatic heterocycles. The van der Waals surface area contributed by atoms with Crippen LogP contribution in [0.2, 0.25) is 0 Å². The van der Waals surface area contributed by atoms with Gasteiger partial charge in [-0.25, -0.2) is 4.39 Å². The van der Waals surface area contributed by atoms with E-state index in [0.29, 0.717) is 18.7 Å². The molecule has 0 amide bonds. The van der Waals surface area contributed by atoms with Gasteiger partial charge in [-0.2, -0.15) is 5.26 Å². The monoisotopic (exact) mass is 234 g/mol. The van der Waals surface area contributed by atoms with E-state index in [4.69, 9.17) is 15.7 Å². The third-order valence-corrected chi connectivity index (χ3v) is 3.27. The average Bonchev–Trinajstić information content (AvgIpc) is 3.03. The Labute approximate surface area is 100.0 Å². The summed E-state index contributed by atoms with van der Waals surface area (Å²) in [4.78, 5) is 0. The number of hydrogen-bond acceptors (Lipinski definition) is 3. The quantitative estimate of drug-likeness (QED) is 0.815. The molecule has 1 aromatic rings. The van der Waals surface area contributed by atoms with Gasteiger partial charge in [0.1, 0.15) is 0 Å². The van der Waals surface area contributed by atoms with Gasteiger partial charge in [0.25, 0.3) is 0 Å². The van der Waals surface area contributed by atoms with Crippen molar-refractivity contribution < 1.29 is 9.13 Å². The number of nitriles is 1. The van der Waals surface area contributed by atoms with Gasteiger partial charge >= 0.3 is 0 Å². The summed E-state index contributed by atoms with van der Waals surface area (Å²) in [6, 6.07) is 5.02. The van der Waals surface area contributed by atoms with Gasteiger partial charge in [0, 0.05) is 23.6 Å². The number of nitrogens with two attached hydrogens (primary N) is 1. The Hall–Kier alpha value is -1.76. The van der Waals surface area contributed by atoms with Crippen molar-refractivity contribution in [1.29, 1.82) is 5.26 Å². The average molecular weight is 234 g/mol. The first kappa shape index (κ1) is 11.7. The Bertz CT molecular complexity index is 475. The lowest BCUT2D eigenvalue weighted by atomic mass is 10.1. The molecule has 90 valence electrons. The van der Waals surface area contributed by atoms with E-state index in [1.54, 1.807) is 6.07 Å². The summed E-state index contributed by atoms with van der Waals surface area (Å²) in [5.41, 5.74) is 6.77. The summed E-state index contributed by atoms with van der Waals surface area (Å²) < 4.78 is 19.0. The highest BCUT2D eigenvalue weighted by Crippen LogP contribution is 2.48. The molecule has 1 aromatic carbocycles. The molecule has 0 aromatic heterocycles. The number of nitrogens with zero attached hydrogens (tertiary/aromatic N) is 1. The number of rotatable bonds is 4. The molecule has 2 rings (SSSR count). The second kappa shape index (κ2) is 4.25. The molecule has 0 atom stereocenters. The highest BCUT2D eigenvalue weighted by atomic mass is 19.1. The van der Waals surface area contributed by atoms with Gasteiger partial charge in [-0.05, 0) is 31.4 Å². The minimum atomic E-state index is -0.444. The number of nitrogen functional groups attached to an aromatic ring is 1.